The lowest BCUT2D eigenvalue weighted by molar-refractivity contribution is -0.607. The van der Waals surface area contributed by atoms with E-state index in [4.69, 9.17) is 0 Å². The van der Waals surface area contributed by atoms with Crippen LogP contribution >= 0.6 is 0 Å². The zero-order valence-electron chi connectivity index (χ0n) is 13.3. The summed E-state index contributed by atoms with van der Waals surface area (Å²) in [6.07, 6.45) is 6.39. The SMILES string of the molecule is O=C(c1cccc[n+]1[O-])[C@@H]1[C@@H](c2ccc([N+](=O)[O-])cc2)[C@H]2C=C[C@@H]1C2. The third-order valence-electron chi connectivity index (χ3n) is 5.33. The lowest BCUT2D eigenvalue weighted by Crippen LogP contribution is -2.38. The van der Waals surface area contributed by atoms with Gasteiger partial charge in [0.2, 0.25) is 5.78 Å². The number of aromatic nitrogens is 1. The van der Waals surface area contributed by atoms with Gasteiger partial charge < -0.3 is 5.21 Å². The second-order valence-electron chi connectivity index (χ2n) is 6.62. The molecule has 0 spiro atoms. The molecule has 4 rings (SSSR count). The summed E-state index contributed by atoms with van der Waals surface area (Å²) in [5.41, 5.74) is 1.10. The van der Waals surface area contributed by atoms with Crippen LogP contribution in [0.1, 0.15) is 28.4 Å². The van der Waals surface area contributed by atoms with Gasteiger partial charge in [0.05, 0.1) is 4.92 Å². The average molecular weight is 336 g/mol. The molecule has 6 nitrogen and oxygen atoms in total. The molecule has 2 aliphatic carbocycles. The number of Topliss-reactive ketones (excluding diaryl/α,β-unsaturated/α-hetero) is 1. The van der Waals surface area contributed by atoms with Gasteiger partial charge in [-0.1, -0.05) is 24.3 Å². The molecule has 2 aliphatic rings. The van der Waals surface area contributed by atoms with E-state index in [-0.39, 0.29) is 40.8 Å². The highest BCUT2D eigenvalue weighted by molar-refractivity contribution is 5.96. The Bertz CT molecular complexity index is 875. The molecule has 1 saturated carbocycles. The number of pyridine rings is 1. The van der Waals surface area contributed by atoms with Gasteiger partial charge in [-0.3, -0.25) is 14.9 Å². The van der Waals surface area contributed by atoms with E-state index in [1.54, 1.807) is 30.3 Å². The minimum absolute atomic E-state index is 0.0331. The summed E-state index contributed by atoms with van der Waals surface area (Å²) in [6.45, 7) is 0. The van der Waals surface area contributed by atoms with Crippen LogP contribution in [0.5, 0.6) is 0 Å². The maximum absolute atomic E-state index is 13.1. The van der Waals surface area contributed by atoms with E-state index < -0.39 is 4.92 Å². The molecule has 25 heavy (non-hydrogen) atoms. The second kappa shape index (κ2) is 5.81. The van der Waals surface area contributed by atoms with Crippen LogP contribution in [0.4, 0.5) is 5.69 Å². The van der Waals surface area contributed by atoms with Crippen LogP contribution in [0.15, 0.2) is 60.8 Å². The number of ketones is 1. The van der Waals surface area contributed by atoms with Gasteiger partial charge >= 0.3 is 0 Å². The van der Waals surface area contributed by atoms with E-state index in [2.05, 4.69) is 12.2 Å². The van der Waals surface area contributed by atoms with Crippen molar-refractivity contribution in [2.24, 2.45) is 17.8 Å². The Balaban J connectivity index is 1.71. The standard InChI is InChI=1S/C19H16N2O4/c22-19(16-3-1-2-10-20(16)23)18-14-5-4-13(11-14)17(18)12-6-8-15(9-7-12)21(24)25/h1-10,13-14,17-18H,11H2/t13-,14+,17-,18-/m0/s1. The predicted octanol–water partition coefficient (Wildman–Crippen LogP) is 3.02. The lowest BCUT2D eigenvalue weighted by atomic mass is 9.75. The molecule has 1 heterocycles. The number of carbonyl (C=O) groups excluding carboxylic acids is 1. The summed E-state index contributed by atoms with van der Waals surface area (Å²) >= 11 is 0. The Hall–Kier alpha value is -3.02. The van der Waals surface area contributed by atoms with E-state index in [0.29, 0.717) is 4.73 Å². The van der Waals surface area contributed by atoms with Crippen molar-refractivity contribution in [3.63, 3.8) is 0 Å². The van der Waals surface area contributed by atoms with Gasteiger partial charge in [-0.25, -0.2) is 0 Å². The summed E-state index contributed by atoms with van der Waals surface area (Å²) in [5, 5.41) is 22.8. The van der Waals surface area contributed by atoms with Crippen molar-refractivity contribution in [3.05, 3.63) is 87.4 Å². The number of hydrogen-bond donors (Lipinski definition) is 0. The van der Waals surface area contributed by atoms with Crippen molar-refractivity contribution in [1.82, 2.24) is 0 Å². The van der Waals surface area contributed by atoms with Crippen molar-refractivity contribution in [1.29, 1.82) is 0 Å². The maximum atomic E-state index is 13.1. The highest BCUT2D eigenvalue weighted by Gasteiger charge is 2.50. The summed E-state index contributed by atoms with van der Waals surface area (Å²) < 4.78 is 0.616. The summed E-state index contributed by atoms with van der Waals surface area (Å²) in [5.74, 6) is -0.180. The van der Waals surface area contributed by atoms with Crippen molar-refractivity contribution in [2.75, 3.05) is 0 Å². The monoisotopic (exact) mass is 336 g/mol. The van der Waals surface area contributed by atoms with Crippen molar-refractivity contribution in [3.8, 4) is 0 Å². The largest absolute Gasteiger partial charge is 0.618 e. The molecule has 1 aromatic carbocycles. The quantitative estimate of drug-likeness (QED) is 0.214. The number of nitrogens with zero attached hydrogens (tertiary/aromatic N) is 2. The van der Waals surface area contributed by atoms with Gasteiger partial charge in [0.25, 0.3) is 11.4 Å². The van der Waals surface area contributed by atoms with Gasteiger partial charge in [-0.15, -0.1) is 0 Å². The maximum Gasteiger partial charge on any atom is 0.269 e. The van der Waals surface area contributed by atoms with Crippen molar-refractivity contribution >= 4 is 11.5 Å². The van der Waals surface area contributed by atoms with Crippen LogP contribution in [-0.4, -0.2) is 10.7 Å². The van der Waals surface area contributed by atoms with E-state index in [0.717, 1.165) is 12.0 Å². The molecule has 6 heteroatoms. The minimum Gasteiger partial charge on any atom is -0.618 e. The first kappa shape index (κ1) is 15.5. The molecule has 126 valence electrons. The Morgan fingerprint density at radius 2 is 1.80 bits per heavy atom. The first-order valence-electron chi connectivity index (χ1n) is 8.21. The predicted molar refractivity (Wildman–Crippen MR) is 89.8 cm³/mol. The number of fused-ring (bicyclic) bond motifs is 2. The molecule has 0 unspecified atom stereocenters. The van der Waals surface area contributed by atoms with E-state index in [9.17, 15) is 20.1 Å². The van der Waals surface area contributed by atoms with Gasteiger partial charge in [0, 0.05) is 36.1 Å². The highest BCUT2D eigenvalue weighted by atomic mass is 16.6. The van der Waals surface area contributed by atoms with E-state index in [1.807, 2.05) is 0 Å². The molecular formula is C19H16N2O4. The molecule has 0 amide bonds. The van der Waals surface area contributed by atoms with Gasteiger partial charge in [0.15, 0.2) is 6.20 Å². The Morgan fingerprint density at radius 3 is 2.48 bits per heavy atom. The topological polar surface area (TPSA) is 87.2 Å². The van der Waals surface area contributed by atoms with Gasteiger partial charge in [0.1, 0.15) is 0 Å². The third-order valence-corrected chi connectivity index (χ3v) is 5.33. The highest BCUT2D eigenvalue weighted by Crippen LogP contribution is 2.53. The molecular weight excluding hydrogens is 320 g/mol. The van der Waals surface area contributed by atoms with E-state index in [1.165, 1.54) is 18.3 Å². The molecule has 4 atom stereocenters. The normalized spacial score (nSPS) is 26.7. The van der Waals surface area contributed by atoms with E-state index >= 15 is 0 Å². The number of carbonyl (C=O) groups is 1. The van der Waals surface area contributed by atoms with Crippen LogP contribution in [0.2, 0.25) is 0 Å². The fourth-order valence-electron chi connectivity index (χ4n) is 4.24. The first-order chi connectivity index (χ1) is 12.1. The fourth-order valence-corrected chi connectivity index (χ4v) is 4.24. The van der Waals surface area contributed by atoms with Crippen LogP contribution in [0.3, 0.4) is 0 Å². The molecule has 1 fully saturated rings. The number of nitro groups is 1. The molecule has 0 aliphatic heterocycles. The number of allylic oxidation sites excluding steroid dienone is 2. The third kappa shape index (κ3) is 2.50. The summed E-state index contributed by atoms with van der Waals surface area (Å²) in [7, 11) is 0. The molecule has 0 N–H and O–H groups in total. The van der Waals surface area contributed by atoms with Crippen molar-refractivity contribution < 1.29 is 14.4 Å². The second-order valence-corrected chi connectivity index (χ2v) is 6.62. The smallest absolute Gasteiger partial charge is 0.269 e. The minimum atomic E-state index is -0.433. The number of benzene rings is 1. The number of non-ortho nitro benzene ring substituents is 1. The zero-order valence-corrected chi connectivity index (χ0v) is 13.3. The number of nitro benzene ring substituents is 1. The van der Waals surface area contributed by atoms with Gasteiger partial charge in [-0.05, 0) is 29.9 Å². The Morgan fingerprint density at radius 1 is 1.08 bits per heavy atom. The van der Waals surface area contributed by atoms with Crippen LogP contribution in [0.25, 0.3) is 0 Å². The van der Waals surface area contributed by atoms with Gasteiger partial charge in [-0.2, -0.15) is 4.73 Å². The summed E-state index contributed by atoms with van der Waals surface area (Å²) in [4.78, 5) is 23.5. The zero-order chi connectivity index (χ0) is 17.6. The number of hydrogen-bond acceptors (Lipinski definition) is 4. The molecule has 0 saturated heterocycles. The Kier molecular flexibility index (Phi) is 3.60. The molecule has 2 bridgehead atoms. The summed E-state index contributed by atoms with van der Waals surface area (Å²) in [6, 6.07) is 11.2. The molecule has 2 aromatic rings. The van der Waals surface area contributed by atoms with Crippen LogP contribution in [0, 0.1) is 33.1 Å². The molecule has 1 aromatic heterocycles. The van der Waals surface area contributed by atoms with Crippen LogP contribution < -0.4 is 4.73 Å². The van der Waals surface area contributed by atoms with Crippen LogP contribution in [-0.2, 0) is 0 Å². The molecule has 0 radical (unpaired) electrons. The number of rotatable bonds is 4. The van der Waals surface area contributed by atoms with Crippen molar-refractivity contribution in [2.45, 2.75) is 12.3 Å². The fraction of sp³-hybridized carbons (Fsp3) is 0.263. The lowest BCUT2D eigenvalue weighted by Gasteiger charge is -2.26. The Labute approximate surface area is 144 Å². The average Bonchev–Trinajstić information content (AvgIpc) is 3.23. The first-order valence-corrected chi connectivity index (χ1v) is 8.21.